The fourth-order valence-electron chi connectivity index (χ4n) is 5.98. The van der Waals surface area contributed by atoms with Gasteiger partial charge in [-0.2, -0.15) is 0 Å². The van der Waals surface area contributed by atoms with Crippen LogP contribution >= 0.6 is 0 Å². The molecular weight excluding hydrogens is 464 g/mol. The van der Waals surface area contributed by atoms with E-state index < -0.39 is 11.5 Å². The predicted octanol–water partition coefficient (Wildman–Crippen LogP) is 2.44. The molecule has 5 rings (SSSR count). The van der Waals surface area contributed by atoms with Crippen molar-refractivity contribution in [2.45, 2.75) is 96.1 Å². The fourth-order valence-corrected chi connectivity index (χ4v) is 5.98. The van der Waals surface area contributed by atoms with Gasteiger partial charge in [0, 0.05) is 25.0 Å². The molecule has 2 aliphatic heterocycles. The number of anilines is 1. The van der Waals surface area contributed by atoms with E-state index in [9.17, 15) is 4.79 Å². The number of nitrogen functional groups attached to an aromatic ring is 1. The molecule has 0 radical (unpaired) electrons. The molecule has 1 saturated carbocycles. The van der Waals surface area contributed by atoms with E-state index in [1.165, 1.54) is 6.33 Å². The predicted molar refractivity (Wildman–Crippen MR) is 132 cm³/mol. The Bertz CT molecular complexity index is 1100. The van der Waals surface area contributed by atoms with E-state index in [4.69, 9.17) is 24.7 Å². The average molecular weight is 503 g/mol. The Morgan fingerprint density at radius 1 is 1.31 bits per heavy atom. The van der Waals surface area contributed by atoms with Crippen molar-refractivity contribution in [2.24, 2.45) is 5.92 Å². The van der Waals surface area contributed by atoms with Gasteiger partial charge in [0.05, 0.1) is 19.5 Å². The van der Waals surface area contributed by atoms with E-state index in [-0.39, 0.29) is 18.2 Å². The van der Waals surface area contributed by atoms with Crippen molar-refractivity contribution in [1.82, 2.24) is 24.4 Å². The van der Waals surface area contributed by atoms with Crippen LogP contribution in [-0.2, 0) is 29.5 Å². The number of fused-ring (bicyclic) bond motifs is 2. The summed E-state index contributed by atoms with van der Waals surface area (Å²) in [6, 6.07) is 0.796. The fraction of sp³-hybridized carbons (Fsp3) is 0.760. The van der Waals surface area contributed by atoms with Crippen LogP contribution in [-0.4, -0.2) is 80.2 Å². The Morgan fingerprint density at radius 3 is 2.81 bits per heavy atom. The number of nitrogens with zero attached hydrogens (tertiary/aromatic N) is 5. The number of ether oxygens (including phenoxy) is 4. The van der Waals surface area contributed by atoms with Crippen molar-refractivity contribution < 1.29 is 23.7 Å². The van der Waals surface area contributed by atoms with Crippen LogP contribution in [0.25, 0.3) is 11.2 Å². The second-order valence-electron chi connectivity index (χ2n) is 10.9. The summed E-state index contributed by atoms with van der Waals surface area (Å²) in [6.45, 7) is 11.6. The topological polar surface area (TPSA) is 127 Å². The zero-order valence-electron chi connectivity index (χ0n) is 21.8. The molecule has 2 N–H and O–H groups in total. The molecule has 0 spiro atoms. The summed E-state index contributed by atoms with van der Waals surface area (Å²) in [7, 11) is 0. The lowest BCUT2D eigenvalue weighted by atomic mass is 9.76. The molecule has 2 aromatic heterocycles. The summed E-state index contributed by atoms with van der Waals surface area (Å²) in [5.41, 5.74) is 6.28. The van der Waals surface area contributed by atoms with Crippen molar-refractivity contribution in [2.75, 3.05) is 25.5 Å². The summed E-state index contributed by atoms with van der Waals surface area (Å²) in [4.78, 5) is 27.2. The standard InChI is InChI=1S/C25H38N6O5/c1-6-33-19(32)8-7-16-9-17(10-16)30(15(2)3)11-18-21-25(12-34-18,36-24(4,5)35-21)31-14-29-20-22(26)27-13-28-23(20)31/h13-18,21H,6-12H2,1-5H3,(H2,26,27,28)/t16-,17+,18-,21-,25-/m1/s1. The van der Waals surface area contributed by atoms with Crippen LogP contribution in [0.5, 0.6) is 0 Å². The molecule has 11 nitrogen and oxygen atoms in total. The quantitative estimate of drug-likeness (QED) is 0.511. The van der Waals surface area contributed by atoms with Crippen LogP contribution in [0, 0.1) is 5.92 Å². The Balaban J connectivity index is 1.31. The average Bonchev–Trinajstić information content (AvgIpc) is 3.42. The van der Waals surface area contributed by atoms with Gasteiger partial charge in [0.2, 0.25) is 5.72 Å². The molecule has 1 aliphatic carbocycles. The molecule has 36 heavy (non-hydrogen) atoms. The van der Waals surface area contributed by atoms with Crippen LogP contribution in [0.2, 0.25) is 0 Å². The Kier molecular flexibility index (Phi) is 6.69. The molecule has 3 atom stereocenters. The lowest BCUT2D eigenvalue weighted by Crippen LogP contribution is -2.53. The highest BCUT2D eigenvalue weighted by Crippen LogP contribution is 2.48. The number of hydrogen-bond donors (Lipinski definition) is 1. The number of rotatable bonds is 9. The first kappa shape index (κ1) is 25.3. The van der Waals surface area contributed by atoms with Crippen LogP contribution < -0.4 is 5.73 Å². The van der Waals surface area contributed by atoms with Gasteiger partial charge in [-0.1, -0.05) is 0 Å². The molecule has 2 saturated heterocycles. The normalized spacial score (nSPS) is 31.2. The van der Waals surface area contributed by atoms with Crippen molar-refractivity contribution in [1.29, 1.82) is 0 Å². The van der Waals surface area contributed by atoms with Gasteiger partial charge in [-0.05, 0) is 59.8 Å². The molecule has 0 bridgehead atoms. The van der Waals surface area contributed by atoms with Gasteiger partial charge in [-0.15, -0.1) is 0 Å². The molecule has 3 fully saturated rings. The van der Waals surface area contributed by atoms with Crippen molar-refractivity contribution >= 4 is 23.0 Å². The maximum Gasteiger partial charge on any atom is 0.305 e. The van der Waals surface area contributed by atoms with Gasteiger partial charge in [-0.3, -0.25) is 14.3 Å². The van der Waals surface area contributed by atoms with Gasteiger partial charge < -0.3 is 24.7 Å². The lowest BCUT2D eigenvalue weighted by molar-refractivity contribution is -0.206. The first-order valence-corrected chi connectivity index (χ1v) is 13.0. The Hall–Kier alpha value is -2.34. The molecule has 0 amide bonds. The first-order chi connectivity index (χ1) is 17.1. The van der Waals surface area contributed by atoms with E-state index in [2.05, 4.69) is 33.7 Å². The molecule has 4 heterocycles. The van der Waals surface area contributed by atoms with E-state index in [0.29, 0.717) is 54.6 Å². The molecule has 198 valence electrons. The molecule has 3 aliphatic rings. The number of hydrogen-bond acceptors (Lipinski definition) is 10. The second kappa shape index (κ2) is 9.51. The number of esters is 1. The number of nitrogens with two attached hydrogens (primary N) is 1. The van der Waals surface area contributed by atoms with Gasteiger partial charge in [0.15, 0.2) is 17.3 Å². The Labute approximate surface area is 211 Å². The molecule has 0 aromatic carbocycles. The van der Waals surface area contributed by atoms with Crippen LogP contribution in [0.3, 0.4) is 0 Å². The van der Waals surface area contributed by atoms with E-state index in [0.717, 1.165) is 25.8 Å². The largest absolute Gasteiger partial charge is 0.466 e. The number of aromatic nitrogens is 4. The van der Waals surface area contributed by atoms with E-state index in [1.807, 2.05) is 25.3 Å². The maximum atomic E-state index is 11.7. The number of carbonyl (C=O) groups is 1. The van der Waals surface area contributed by atoms with Gasteiger partial charge >= 0.3 is 5.97 Å². The second-order valence-corrected chi connectivity index (χ2v) is 10.9. The summed E-state index contributed by atoms with van der Waals surface area (Å²) in [5.74, 6) is -0.0120. The third-order valence-electron chi connectivity index (χ3n) is 7.69. The van der Waals surface area contributed by atoms with E-state index in [1.54, 1.807) is 6.33 Å². The van der Waals surface area contributed by atoms with Crippen molar-refractivity contribution in [3.05, 3.63) is 12.7 Å². The minimum absolute atomic E-state index is 0.0996. The van der Waals surface area contributed by atoms with Crippen LogP contribution in [0.4, 0.5) is 5.82 Å². The summed E-state index contributed by atoms with van der Waals surface area (Å²) >= 11 is 0. The Morgan fingerprint density at radius 2 is 2.08 bits per heavy atom. The third kappa shape index (κ3) is 4.46. The molecule has 0 unspecified atom stereocenters. The summed E-state index contributed by atoms with van der Waals surface area (Å²) in [6.07, 6.45) is 6.13. The minimum Gasteiger partial charge on any atom is -0.466 e. The highest BCUT2D eigenvalue weighted by Gasteiger charge is 2.63. The molecule has 2 aromatic rings. The maximum absolute atomic E-state index is 11.7. The minimum atomic E-state index is -0.895. The molecular formula is C25H38N6O5. The zero-order chi connectivity index (χ0) is 25.7. The highest BCUT2D eigenvalue weighted by molar-refractivity contribution is 5.81. The van der Waals surface area contributed by atoms with Gasteiger partial charge in [0.25, 0.3) is 0 Å². The van der Waals surface area contributed by atoms with Gasteiger partial charge in [0.1, 0.15) is 24.1 Å². The summed E-state index contributed by atoms with van der Waals surface area (Å²) in [5, 5.41) is 0. The SMILES string of the molecule is CCOC(=O)CC[C@H]1C[C@@H](N(C[C@H]2OC[C@@]3(n4cnc5c(N)ncnc54)OC(C)(C)O[C@H]23)C(C)C)C1. The highest BCUT2D eigenvalue weighted by atomic mass is 16.8. The monoisotopic (exact) mass is 502 g/mol. The molecule has 11 heteroatoms. The lowest BCUT2D eigenvalue weighted by Gasteiger charge is -2.46. The summed E-state index contributed by atoms with van der Waals surface area (Å²) < 4.78 is 26.3. The zero-order valence-corrected chi connectivity index (χ0v) is 21.8. The van der Waals surface area contributed by atoms with Crippen LogP contribution in [0.15, 0.2) is 12.7 Å². The number of carbonyl (C=O) groups excluding carboxylic acids is 1. The smallest absolute Gasteiger partial charge is 0.305 e. The van der Waals surface area contributed by atoms with Gasteiger partial charge in [-0.25, -0.2) is 15.0 Å². The van der Waals surface area contributed by atoms with Crippen molar-refractivity contribution in [3.63, 3.8) is 0 Å². The van der Waals surface area contributed by atoms with E-state index >= 15 is 0 Å². The number of imidazole rings is 1. The first-order valence-electron chi connectivity index (χ1n) is 13.0. The third-order valence-corrected chi connectivity index (χ3v) is 7.69. The van der Waals surface area contributed by atoms with Crippen molar-refractivity contribution in [3.8, 4) is 0 Å². The van der Waals surface area contributed by atoms with Crippen LogP contribution in [0.1, 0.15) is 60.3 Å².